The highest BCUT2D eigenvalue weighted by Crippen LogP contribution is 2.31. The van der Waals surface area contributed by atoms with E-state index in [0.29, 0.717) is 33.9 Å². The van der Waals surface area contributed by atoms with Crippen LogP contribution in [0.1, 0.15) is 6.92 Å². The number of carboxylic acid groups (broad SMARTS) is 1. The fourth-order valence-electron chi connectivity index (χ4n) is 2.88. The number of benzene rings is 1. The van der Waals surface area contributed by atoms with E-state index in [1.54, 1.807) is 19.3 Å². The molecule has 1 aliphatic rings. The molecule has 1 atom stereocenters. The fraction of sp³-hybridized carbons (Fsp3) is 0.250. The highest BCUT2D eigenvalue weighted by molar-refractivity contribution is 7.99. The van der Waals surface area contributed by atoms with Gasteiger partial charge in [0.2, 0.25) is 0 Å². The maximum atomic E-state index is 11.0. The third-order valence-corrected chi connectivity index (χ3v) is 5.98. The van der Waals surface area contributed by atoms with Gasteiger partial charge in [0.1, 0.15) is 6.61 Å². The Morgan fingerprint density at radius 1 is 1.38 bits per heavy atom. The molecule has 3 aromatic rings. The summed E-state index contributed by atoms with van der Waals surface area (Å²) in [7, 11) is 0. The van der Waals surface area contributed by atoms with E-state index >= 15 is 0 Å². The minimum atomic E-state index is -0.826. The number of aliphatic carboxylic acids is 1. The minimum absolute atomic E-state index is 0.424. The minimum Gasteiger partial charge on any atom is -0.498 e. The van der Waals surface area contributed by atoms with E-state index in [4.69, 9.17) is 21.4 Å². The summed E-state index contributed by atoms with van der Waals surface area (Å²) in [6.45, 7) is 3.13. The lowest BCUT2D eigenvalue weighted by Crippen LogP contribution is -2.24. The topological polar surface area (TPSA) is 91.3 Å². The van der Waals surface area contributed by atoms with Crippen molar-refractivity contribution < 1.29 is 14.6 Å². The highest BCUT2D eigenvalue weighted by Gasteiger charge is 2.15. The summed E-state index contributed by atoms with van der Waals surface area (Å²) in [6.07, 6.45) is 3.60. The van der Waals surface area contributed by atoms with Crippen molar-refractivity contribution in [1.82, 2.24) is 15.0 Å². The second-order valence-corrected chi connectivity index (χ2v) is 8.09. The van der Waals surface area contributed by atoms with Crippen LogP contribution in [0.3, 0.4) is 0 Å². The SMILES string of the molecule is CC(CSc1nc2nc(-c3ccc(N4C=COCC4)cc3)c(Cl)cc2[nH]1)C(=O)O. The Labute approximate surface area is 176 Å². The van der Waals surface area contributed by atoms with Crippen LogP contribution < -0.4 is 4.90 Å². The molecule has 2 aromatic heterocycles. The first-order valence-corrected chi connectivity index (χ1v) is 10.4. The molecule has 0 amide bonds. The van der Waals surface area contributed by atoms with Crippen molar-refractivity contribution in [2.45, 2.75) is 12.1 Å². The molecular formula is C20H19ClN4O3S. The van der Waals surface area contributed by atoms with Gasteiger partial charge < -0.3 is 19.7 Å². The van der Waals surface area contributed by atoms with Crippen LogP contribution >= 0.6 is 23.4 Å². The number of ether oxygens (including phenoxy) is 1. The lowest BCUT2D eigenvalue weighted by atomic mass is 10.1. The number of rotatable bonds is 6. The lowest BCUT2D eigenvalue weighted by Gasteiger charge is -2.23. The molecular weight excluding hydrogens is 412 g/mol. The molecule has 29 heavy (non-hydrogen) atoms. The maximum Gasteiger partial charge on any atom is 0.307 e. The van der Waals surface area contributed by atoms with Crippen molar-refractivity contribution in [2.24, 2.45) is 5.92 Å². The van der Waals surface area contributed by atoms with Crippen molar-refractivity contribution >= 4 is 46.2 Å². The van der Waals surface area contributed by atoms with Gasteiger partial charge in [-0.3, -0.25) is 4.79 Å². The predicted molar refractivity (Wildman–Crippen MR) is 114 cm³/mol. The average Bonchev–Trinajstić information content (AvgIpc) is 3.13. The monoisotopic (exact) mass is 430 g/mol. The number of thioether (sulfide) groups is 1. The average molecular weight is 431 g/mol. The number of imidazole rings is 1. The molecule has 1 aromatic carbocycles. The first-order valence-electron chi connectivity index (χ1n) is 9.08. The summed E-state index contributed by atoms with van der Waals surface area (Å²) in [5.74, 6) is -0.860. The number of hydrogen-bond acceptors (Lipinski definition) is 6. The Morgan fingerprint density at radius 3 is 2.86 bits per heavy atom. The predicted octanol–water partition coefficient (Wildman–Crippen LogP) is 4.40. The van der Waals surface area contributed by atoms with E-state index in [2.05, 4.69) is 19.9 Å². The Hall–Kier alpha value is -2.71. The molecule has 0 bridgehead atoms. The van der Waals surface area contributed by atoms with Crippen molar-refractivity contribution in [1.29, 1.82) is 0 Å². The zero-order valence-electron chi connectivity index (χ0n) is 15.6. The van der Waals surface area contributed by atoms with E-state index in [-0.39, 0.29) is 0 Å². The molecule has 0 saturated carbocycles. The van der Waals surface area contributed by atoms with E-state index in [1.807, 2.05) is 30.5 Å². The first-order chi connectivity index (χ1) is 14.0. The Balaban J connectivity index is 1.57. The number of pyridine rings is 1. The van der Waals surface area contributed by atoms with Gasteiger partial charge in [0.05, 0.1) is 35.0 Å². The Kier molecular flexibility index (Phi) is 5.64. The summed E-state index contributed by atoms with van der Waals surface area (Å²) in [4.78, 5) is 25.3. The number of aromatic amines is 1. The number of aromatic nitrogens is 3. The zero-order chi connectivity index (χ0) is 20.4. The van der Waals surface area contributed by atoms with Gasteiger partial charge in [-0.15, -0.1) is 0 Å². The molecule has 2 N–H and O–H groups in total. The van der Waals surface area contributed by atoms with Gasteiger partial charge in [-0.2, -0.15) is 0 Å². The van der Waals surface area contributed by atoms with Crippen LogP contribution in [0.25, 0.3) is 22.4 Å². The second kappa shape index (κ2) is 8.34. The summed E-state index contributed by atoms with van der Waals surface area (Å²) < 4.78 is 5.22. The Morgan fingerprint density at radius 2 is 2.17 bits per heavy atom. The number of nitrogens with zero attached hydrogens (tertiary/aromatic N) is 3. The van der Waals surface area contributed by atoms with Crippen LogP contribution in [0.4, 0.5) is 5.69 Å². The molecule has 3 heterocycles. The largest absolute Gasteiger partial charge is 0.498 e. The van der Waals surface area contributed by atoms with Gasteiger partial charge in [-0.25, -0.2) is 9.97 Å². The van der Waals surface area contributed by atoms with E-state index in [1.165, 1.54) is 11.8 Å². The number of anilines is 1. The number of carboxylic acids is 1. The van der Waals surface area contributed by atoms with Crippen molar-refractivity contribution in [3.8, 4) is 11.3 Å². The van der Waals surface area contributed by atoms with Crippen LogP contribution in [0.5, 0.6) is 0 Å². The van der Waals surface area contributed by atoms with Crippen molar-refractivity contribution in [3.63, 3.8) is 0 Å². The molecule has 7 nitrogen and oxygen atoms in total. The Bertz CT molecular complexity index is 1070. The quantitative estimate of drug-likeness (QED) is 0.560. The van der Waals surface area contributed by atoms with E-state index in [0.717, 1.165) is 23.3 Å². The normalized spacial score (nSPS) is 14.8. The second-order valence-electron chi connectivity index (χ2n) is 6.68. The van der Waals surface area contributed by atoms with Gasteiger partial charge >= 0.3 is 5.97 Å². The third kappa shape index (κ3) is 4.33. The number of fused-ring (bicyclic) bond motifs is 1. The maximum absolute atomic E-state index is 11.0. The number of halogens is 1. The molecule has 0 spiro atoms. The molecule has 150 valence electrons. The van der Waals surface area contributed by atoms with Crippen molar-refractivity contribution in [2.75, 3.05) is 23.8 Å². The summed E-state index contributed by atoms with van der Waals surface area (Å²) in [5, 5.41) is 10.2. The molecule has 0 radical (unpaired) electrons. The molecule has 1 aliphatic heterocycles. The van der Waals surface area contributed by atoms with Gasteiger partial charge in [0, 0.05) is 23.2 Å². The standard InChI is InChI=1S/C20H19ClN4O3S/c1-12(19(26)27)11-29-20-22-16-10-15(21)17(23-18(16)24-20)13-2-4-14(5-3-13)25-6-8-28-9-7-25/h2-6,8,10,12H,7,9,11H2,1H3,(H,26,27)(H,22,23,24). The van der Waals surface area contributed by atoms with Gasteiger partial charge in [0.15, 0.2) is 10.8 Å². The van der Waals surface area contributed by atoms with E-state index in [9.17, 15) is 4.79 Å². The third-order valence-electron chi connectivity index (χ3n) is 4.56. The number of hydrogen-bond donors (Lipinski definition) is 2. The van der Waals surface area contributed by atoms with Crippen LogP contribution in [0.2, 0.25) is 5.02 Å². The van der Waals surface area contributed by atoms with Crippen LogP contribution in [0, 0.1) is 5.92 Å². The zero-order valence-corrected chi connectivity index (χ0v) is 17.2. The molecule has 0 aliphatic carbocycles. The van der Waals surface area contributed by atoms with Crippen LogP contribution in [-0.4, -0.2) is 44.9 Å². The van der Waals surface area contributed by atoms with Crippen molar-refractivity contribution in [3.05, 3.63) is 47.8 Å². The number of H-pyrrole nitrogens is 1. The summed E-state index contributed by atoms with van der Waals surface area (Å²) >= 11 is 7.83. The van der Waals surface area contributed by atoms with Gasteiger partial charge in [-0.05, 0) is 18.2 Å². The molecule has 4 rings (SSSR count). The van der Waals surface area contributed by atoms with Crippen LogP contribution in [-0.2, 0) is 9.53 Å². The van der Waals surface area contributed by atoms with Crippen LogP contribution in [0.15, 0.2) is 48.0 Å². The number of carbonyl (C=O) groups is 1. The smallest absolute Gasteiger partial charge is 0.307 e. The summed E-state index contributed by atoms with van der Waals surface area (Å²) in [6, 6.07) is 9.80. The molecule has 0 saturated heterocycles. The van der Waals surface area contributed by atoms with Gasteiger partial charge in [0.25, 0.3) is 0 Å². The number of nitrogens with one attached hydrogen (secondary N) is 1. The van der Waals surface area contributed by atoms with E-state index < -0.39 is 11.9 Å². The lowest BCUT2D eigenvalue weighted by molar-refractivity contribution is -0.140. The van der Waals surface area contributed by atoms with Gasteiger partial charge in [-0.1, -0.05) is 42.4 Å². The first kappa shape index (κ1) is 19.6. The fourth-order valence-corrected chi connectivity index (χ4v) is 4.02. The highest BCUT2D eigenvalue weighted by atomic mass is 35.5. The molecule has 9 heteroatoms. The summed E-state index contributed by atoms with van der Waals surface area (Å²) in [5.41, 5.74) is 3.89. The molecule has 1 unspecified atom stereocenters. The molecule has 0 fully saturated rings.